The summed E-state index contributed by atoms with van der Waals surface area (Å²) in [5, 5.41) is 0. The maximum Gasteiger partial charge on any atom is 0.334 e. The minimum absolute atomic E-state index is 0.152. The highest BCUT2D eigenvalue weighted by atomic mass is 16.5. The highest BCUT2D eigenvalue weighted by Gasteiger charge is 2.15. The van der Waals surface area contributed by atoms with Crippen LogP contribution in [0, 0.1) is 0 Å². The van der Waals surface area contributed by atoms with Crippen molar-refractivity contribution in [3.63, 3.8) is 0 Å². The number of hydrogen-bond acceptors (Lipinski definition) is 5. The van der Waals surface area contributed by atoms with Gasteiger partial charge >= 0.3 is 11.9 Å². The Hall–Kier alpha value is -2.30. The van der Waals surface area contributed by atoms with Crippen LogP contribution in [0.2, 0.25) is 0 Å². The first-order chi connectivity index (χ1) is 9.12. The molecule has 0 aliphatic carbocycles. The number of para-hydroxylation sites is 1. The molecule has 0 amide bonds. The van der Waals surface area contributed by atoms with Crippen molar-refractivity contribution in [1.29, 1.82) is 0 Å². The quantitative estimate of drug-likeness (QED) is 0.599. The van der Waals surface area contributed by atoms with Crippen molar-refractivity contribution in [3.8, 4) is 5.75 Å². The Balaban J connectivity index is 3.11. The first-order valence-corrected chi connectivity index (χ1v) is 5.61. The van der Waals surface area contributed by atoms with E-state index in [0.717, 1.165) is 0 Å². The van der Waals surface area contributed by atoms with Gasteiger partial charge in [-0.2, -0.15) is 0 Å². The Morgan fingerprint density at radius 2 is 1.79 bits per heavy atom. The zero-order valence-corrected chi connectivity index (χ0v) is 11.1. The summed E-state index contributed by atoms with van der Waals surface area (Å²) in [4.78, 5) is 22.9. The monoisotopic (exact) mass is 264 g/mol. The van der Waals surface area contributed by atoms with Crippen molar-refractivity contribution < 1.29 is 23.8 Å². The van der Waals surface area contributed by atoms with Crippen LogP contribution in [0.25, 0.3) is 6.08 Å². The minimum atomic E-state index is -0.573. The lowest BCUT2D eigenvalue weighted by atomic mass is 10.1. The van der Waals surface area contributed by atoms with Gasteiger partial charge in [-0.1, -0.05) is 18.2 Å². The van der Waals surface area contributed by atoms with Crippen LogP contribution in [0.15, 0.2) is 29.8 Å². The fourth-order valence-electron chi connectivity index (χ4n) is 1.51. The van der Waals surface area contributed by atoms with Gasteiger partial charge in [-0.05, 0) is 12.1 Å². The van der Waals surface area contributed by atoms with E-state index in [4.69, 9.17) is 4.74 Å². The van der Waals surface area contributed by atoms with Gasteiger partial charge in [-0.25, -0.2) is 4.79 Å². The third-order valence-corrected chi connectivity index (χ3v) is 2.48. The van der Waals surface area contributed by atoms with Crippen molar-refractivity contribution in [1.82, 2.24) is 0 Å². The molecule has 0 atom stereocenters. The maximum absolute atomic E-state index is 11.6. The molecular weight excluding hydrogens is 248 g/mol. The zero-order valence-electron chi connectivity index (χ0n) is 11.1. The second-order valence-electron chi connectivity index (χ2n) is 3.66. The van der Waals surface area contributed by atoms with Crippen molar-refractivity contribution in [2.24, 2.45) is 0 Å². The SMILES string of the molecule is COC(=O)CC(=Cc1ccccc1OC)C(=O)OC. The molecule has 0 unspecified atom stereocenters. The topological polar surface area (TPSA) is 61.8 Å². The minimum Gasteiger partial charge on any atom is -0.496 e. The Labute approximate surface area is 111 Å². The van der Waals surface area contributed by atoms with Crippen molar-refractivity contribution in [2.45, 2.75) is 6.42 Å². The molecule has 0 aromatic heterocycles. The summed E-state index contributed by atoms with van der Waals surface area (Å²) in [6.07, 6.45) is 1.41. The first-order valence-electron chi connectivity index (χ1n) is 5.61. The fraction of sp³-hybridized carbons (Fsp3) is 0.286. The summed E-state index contributed by atoms with van der Waals surface area (Å²) < 4.78 is 14.4. The van der Waals surface area contributed by atoms with E-state index in [1.807, 2.05) is 6.07 Å². The van der Waals surface area contributed by atoms with Gasteiger partial charge in [0.15, 0.2) is 0 Å². The van der Waals surface area contributed by atoms with Crippen LogP contribution in [0.1, 0.15) is 12.0 Å². The van der Waals surface area contributed by atoms with Crippen LogP contribution < -0.4 is 4.74 Å². The van der Waals surface area contributed by atoms with Crippen LogP contribution in [-0.4, -0.2) is 33.3 Å². The number of esters is 2. The Morgan fingerprint density at radius 3 is 2.37 bits per heavy atom. The molecular formula is C14H16O5. The van der Waals surface area contributed by atoms with Crippen LogP contribution in [0.3, 0.4) is 0 Å². The molecule has 19 heavy (non-hydrogen) atoms. The second kappa shape index (κ2) is 7.20. The molecule has 0 aliphatic rings. The summed E-state index contributed by atoms with van der Waals surface area (Å²) in [5.41, 5.74) is 0.896. The highest BCUT2D eigenvalue weighted by Crippen LogP contribution is 2.22. The normalized spacial score (nSPS) is 10.8. The number of methoxy groups -OCH3 is 3. The van der Waals surface area contributed by atoms with Gasteiger partial charge in [0, 0.05) is 11.1 Å². The molecule has 1 rings (SSSR count). The zero-order chi connectivity index (χ0) is 14.3. The van der Waals surface area contributed by atoms with E-state index in [9.17, 15) is 9.59 Å². The van der Waals surface area contributed by atoms with Gasteiger partial charge in [-0.15, -0.1) is 0 Å². The Morgan fingerprint density at radius 1 is 1.11 bits per heavy atom. The molecule has 5 nitrogen and oxygen atoms in total. The lowest BCUT2D eigenvalue weighted by Crippen LogP contribution is -2.11. The van der Waals surface area contributed by atoms with E-state index < -0.39 is 11.9 Å². The molecule has 0 heterocycles. The van der Waals surface area contributed by atoms with Crippen molar-refractivity contribution >= 4 is 18.0 Å². The van der Waals surface area contributed by atoms with E-state index in [1.54, 1.807) is 24.3 Å². The third kappa shape index (κ3) is 4.13. The molecule has 5 heteroatoms. The van der Waals surface area contributed by atoms with Gasteiger partial charge in [0.2, 0.25) is 0 Å². The van der Waals surface area contributed by atoms with Gasteiger partial charge in [-0.3, -0.25) is 4.79 Å². The molecule has 102 valence electrons. The average molecular weight is 264 g/mol. The Bertz CT molecular complexity index is 490. The van der Waals surface area contributed by atoms with Gasteiger partial charge < -0.3 is 14.2 Å². The molecule has 0 saturated heterocycles. The first kappa shape index (κ1) is 14.8. The Kier molecular flexibility index (Phi) is 5.60. The van der Waals surface area contributed by atoms with Crippen LogP contribution in [0.5, 0.6) is 5.75 Å². The van der Waals surface area contributed by atoms with E-state index in [1.165, 1.54) is 21.3 Å². The molecule has 0 fully saturated rings. The largest absolute Gasteiger partial charge is 0.496 e. The lowest BCUT2D eigenvalue weighted by molar-refractivity contribution is -0.143. The predicted octanol–water partition coefficient (Wildman–Crippen LogP) is 1.81. The smallest absolute Gasteiger partial charge is 0.334 e. The number of ether oxygens (including phenoxy) is 3. The van der Waals surface area contributed by atoms with E-state index in [0.29, 0.717) is 11.3 Å². The summed E-state index contributed by atoms with van der Waals surface area (Å²) in [7, 11) is 4.06. The molecule has 1 aromatic rings. The van der Waals surface area contributed by atoms with Crippen molar-refractivity contribution in [3.05, 3.63) is 35.4 Å². The van der Waals surface area contributed by atoms with Gasteiger partial charge in [0.25, 0.3) is 0 Å². The summed E-state index contributed by atoms with van der Waals surface area (Å²) >= 11 is 0. The fourth-order valence-corrected chi connectivity index (χ4v) is 1.51. The maximum atomic E-state index is 11.6. The summed E-state index contributed by atoms with van der Waals surface area (Å²) in [6.45, 7) is 0. The summed E-state index contributed by atoms with van der Waals surface area (Å²) in [6, 6.07) is 7.16. The summed E-state index contributed by atoms with van der Waals surface area (Å²) in [5.74, 6) is -0.475. The van der Waals surface area contributed by atoms with Gasteiger partial charge in [0.1, 0.15) is 5.75 Å². The number of carbonyl (C=O) groups is 2. The number of carbonyl (C=O) groups excluding carboxylic acids is 2. The van der Waals surface area contributed by atoms with Gasteiger partial charge in [0.05, 0.1) is 27.8 Å². The van der Waals surface area contributed by atoms with E-state index in [2.05, 4.69) is 9.47 Å². The average Bonchev–Trinajstić information content (AvgIpc) is 2.45. The highest BCUT2D eigenvalue weighted by molar-refractivity contribution is 5.98. The third-order valence-electron chi connectivity index (χ3n) is 2.48. The number of hydrogen-bond donors (Lipinski definition) is 0. The molecule has 0 radical (unpaired) electrons. The standard InChI is InChI=1S/C14H16O5/c1-17-12-7-5-4-6-10(12)8-11(14(16)19-3)9-13(15)18-2/h4-8H,9H2,1-3H3. The number of rotatable bonds is 5. The molecule has 1 aromatic carbocycles. The molecule has 0 spiro atoms. The molecule has 0 N–H and O–H groups in total. The molecule has 0 saturated carbocycles. The van der Waals surface area contributed by atoms with Crippen LogP contribution in [-0.2, 0) is 19.1 Å². The van der Waals surface area contributed by atoms with Crippen molar-refractivity contribution in [2.75, 3.05) is 21.3 Å². The van der Waals surface area contributed by atoms with Crippen LogP contribution >= 0.6 is 0 Å². The van der Waals surface area contributed by atoms with E-state index in [-0.39, 0.29) is 12.0 Å². The molecule has 0 bridgehead atoms. The van der Waals surface area contributed by atoms with E-state index >= 15 is 0 Å². The molecule has 0 aliphatic heterocycles. The lowest BCUT2D eigenvalue weighted by Gasteiger charge is -2.07. The predicted molar refractivity (Wildman–Crippen MR) is 69.6 cm³/mol. The number of benzene rings is 1. The second-order valence-corrected chi connectivity index (χ2v) is 3.66. The van der Waals surface area contributed by atoms with Crippen LogP contribution in [0.4, 0.5) is 0 Å².